The summed E-state index contributed by atoms with van der Waals surface area (Å²) in [6, 6.07) is 0. The van der Waals surface area contributed by atoms with Gasteiger partial charge in [-0.1, -0.05) is 0 Å². The zero-order chi connectivity index (χ0) is 2.71. The molecule has 0 spiro atoms. The summed E-state index contributed by atoms with van der Waals surface area (Å²) < 4.78 is 17.0. The fourth-order valence-corrected chi connectivity index (χ4v) is 0. The quantitative estimate of drug-likeness (QED) is 0.441. The first kappa shape index (κ1) is 8.93. The average Bonchev–Trinajstić information content (AvgIpc) is 0.918. The fraction of sp³-hybridized carbons (Fsp3) is 0. The van der Waals surface area contributed by atoms with Crippen LogP contribution in [0.15, 0.2) is 0 Å². The van der Waals surface area contributed by atoms with Gasteiger partial charge in [-0.15, -0.1) is 0 Å². The molecule has 0 heterocycles. The predicted molar refractivity (Wildman–Crippen MR) is 12.1 cm³/mol. The molecule has 0 bridgehead atoms. The van der Waals surface area contributed by atoms with Gasteiger partial charge in [-0.2, -0.15) is 0 Å². The van der Waals surface area contributed by atoms with Gasteiger partial charge < -0.3 is 6.15 Å². The molecule has 0 aliphatic heterocycles. The van der Waals surface area contributed by atoms with E-state index in [1.165, 1.54) is 0 Å². The van der Waals surface area contributed by atoms with E-state index in [2.05, 4.69) is 0 Å². The molecule has 0 atom stereocenters. The summed E-state index contributed by atoms with van der Waals surface area (Å²) in [7, 11) is 0. The van der Waals surface area contributed by atoms with Crippen molar-refractivity contribution in [1.82, 2.24) is 6.15 Å². The number of hydrogen-bond donors (Lipinski definition) is 1. The van der Waals surface area contributed by atoms with Gasteiger partial charge in [0.2, 0.25) is 0 Å². The van der Waals surface area contributed by atoms with Crippen molar-refractivity contribution >= 4 is 15.3 Å². The van der Waals surface area contributed by atoms with Crippen LogP contribution >= 0.6 is 0 Å². The molecule has 0 fully saturated rings. The molecule has 0 rings (SSSR count). The van der Waals surface area contributed by atoms with Gasteiger partial charge in [0.1, 0.15) is 0 Å². The Morgan fingerprint density at radius 3 is 1.25 bits per heavy atom. The zero-order valence-corrected chi connectivity index (χ0v) is 4.12. The van der Waals surface area contributed by atoms with Crippen LogP contribution in [0.3, 0.4) is 0 Å². The van der Waals surface area contributed by atoms with Crippen molar-refractivity contribution < 1.29 is 7.56 Å². The van der Waals surface area contributed by atoms with Crippen molar-refractivity contribution in [1.29, 1.82) is 0 Å². The van der Waals surface area contributed by atoms with Gasteiger partial charge in [0.15, 0.2) is 0 Å². The first-order valence-electron chi connectivity index (χ1n) is 0.408. The monoisotopic (exact) mass is 123 g/mol. The summed E-state index contributed by atoms with van der Waals surface area (Å²) in [5.41, 5.74) is 0. The third-order valence-corrected chi connectivity index (χ3v) is 0. The van der Waals surface area contributed by atoms with E-state index in [4.69, 9.17) is 7.56 Å². The summed E-state index contributed by atoms with van der Waals surface area (Å²) in [5.74, 6) is 0. The molecule has 3 nitrogen and oxygen atoms in total. The first-order chi connectivity index (χ1) is 1.41. The predicted octanol–water partition coefficient (Wildman–Crippen LogP) is -0.456. The third-order valence-electron chi connectivity index (χ3n) is 0. The van der Waals surface area contributed by atoms with Crippen LogP contribution in [-0.4, -0.2) is 15.3 Å². The summed E-state index contributed by atoms with van der Waals surface area (Å²) in [6.07, 6.45) is 0. The van der Waals surface area contributed by atoms with Crippen LogP contribution in [0, 0.1) is 0 Å². The molecule has 0 aliphatic carbocycles. The molecule has 4 heteroatoms. The summed E-state index contributed by atoms with van der Waals surface area (Å²) in [4.78, 5) is 0. The van der Waals surface area contributed by atoms with Gasteiger partial charge >= 0.3 is 22.9 Å². The second kappa shape index (κ2) is 11.3. The van der Waals surface area contributed by atoms with Crippen molar-refractivity contribution in [3.63, 3.8) is 0 Å². The van der Waals surface area contributed by atoms with Crippen molar-refractivity contribution in [3.8, 4) is 0 Å². The molecule has 0 saturated carbocycles. The van der Waals surface area contributed by atoms with Gasteiger partial charge in [0.25, 0.3) is 0 Å². The van der Waals surface area contributed by atoms with Crippen LogP contribution in [0.5, 0.6) is 0 Å². The van der Waals surface area contributed by atoms with Crippen molar-refractivity contribution in [2.24, 2.45) is 0 Å². The van der Waals surface area contributed by atoms with E-state index < -0.39 is 15.3 Å². The third kappa shape index (κ3) is 242. The van der Waals surface area contributed by atoms with Crippen molar-refractivity contribution in [2.75, 3.05) is 0 Å². The summed E-state index contributed by atoms with van der Waals surface area (Å²) in [6.45, 7) is 0. The second-order valence-corrected chi connectivity index (χ2v) is 0.433. The van der Waals surface area contributed by atoms with Gasteiger partial charge in [0.05, 0.1) is 0 Å². The standard InChI is InChI=1S/GeO2.H3N/c2-1-3;/h;1H3. The van der Waals surface area contributed by atoms with Crippen LogP contribution in [0.25, 0.3) is 0 Å². The number of rotatable bonds is 0. The Hall–Kier alpha value is 0.103. The van der Waals surface area contributed by atoms with Crippen LogP contribution < -0.4 is 6.15 Å². The molecular weight excluding hydrogens is 119 g/mol. The summed E-state index contributed by atoms with van der Waals surface area (Å²) in [5, 5.41) is 0. The van der Waals surface area contributed by atoms with Gasteiger partial charge in [-0.25, -0.2) is 0 Å². The zero-order valence-electron chi connectivity index (χ0n) is 2.02. The van der Waals surface area contributed by atoms with E-state index >= 15 is 0 Å². The molecule has 0 radical (unpaired) electrons. The Kier molecular flexibility index (Phi) is 25.2. The Morgan fingerprint density at radius 2 is 1.25 bits per heavy atom. The molecule has 0 aliphatic rings. The molecule has 0 aromatic rings. The molecular formula is H3GeNO2. The van der Waals surface area contributed by atoms with Crippen LogP contribution in [0.4, 0.5) is 0 Å². The van der Waals surface area contributed by atoms with Gasteiger partial charge in [-0.05, 0) is 0 Å². The second-order valence-electron chi connectivity index (χ2n) is 0.0833. The molecule has 4 heavy (non-hydrogen) atoms. The molecule has 24 valence electrons. The van der Waals surface area contributed by atoms with Gasteiger partial charge in [0, 0.05) is 0 Å². The van der Waals surface area contributed by atoms with Crippen molar-refractivity contribution in [2.45, 2.75) is 0 Å². The van der Waals surface area contributed by atoms with E-state index in [-0.39, 0.29) is 6.15 Å². The Morgan fingerprint density at radius 1 is 1.25 bits per heavy atom. The fourth-order valence-electron chi connectivity index (χ4n) is 0. The van der Waals surface area contributed by atoms with E-state index in [1.54, 1.807) is 0 Å². The molecule has 3 N–H and O–H groups in total. The SMILES string of the molecule is N.[O]=[Ge]=[O]. The normalized spacial score (nSPS) is 2.00. The maximum absolute atomic E-state index is 8.50. The molecule has 0 aromatic carbocycles. The Balaban J connectivity index is 0. The summed E-state index contributed by atoms with van der Waals surface area (Å²) >= 11 is -2.00. The minimum absolute atomic E-state index is 0. The minimum atomic E-state index is -2.00. The Bertz CT molecular complexity index is 27.0. The first-order valence-corrected chi connectivity index (χ1v) is 2.12. The van der Waals surface area contributed by atoms with Gasteiger partial charge in [-0.3, -0.25) is 0 Å². The van der Waals surface area contributed by atoms with Crippen LogP contribution in [-0.2, 0) is 7.56 Å². The molecule has 0 amide bonds. The molecule has 0 aromatic heterocycles. The topological polar surface area (TPSA) is 69.1 Å². The van der Waals surface area contributed by atoms with E-state index in [1.807, 2.05) is 0 Å². The average molecular weight is 122 g/mol. The molecule has 0 saturated heterocycles. The van der Waals surface area contributed by atoms with Crippen LogP contribution in [0.2, 0.25) is 0 Å². The van der Waals surface area contributed by atoms with Crippen LogP contribution in [0.1, 0.15) is 0 Å². The molecule has 0 unspecified atom stereocenters. The number of hydrogen-bond acceptors (Lipinski definition) is 3. The Labute approximate surface area is 29.9 Å². The van der Waals surface area contributed by atoms with Crippen molar-refractivity contribution in [3.05, 3.63) is 0 Å². The maximum atomic E-state index is 8.50. The van der Waals surface area contributed by atoms with E-state index in [0.717, 1.165) is 0 Å². The van der Waals surface area contributed by atoms with E-state index in [9.17, 15) is 0 Å². The van der Waals surface area contributed by atoms with E-state index in [0.29, 0.717) is 0 Å².